The molecule has 0 N–H and O–H groups in total. The van der Waals surface area contributed by atoms with Gasteiger partial charge in [0.15, 0.2) is 0 Å². The first-order valence-electron chi connectivity index (χ1n) is 8.61. The zero-order chi connectivity index (χ0) is 19.0. The van der Waals surface area contributed by atoms with Crippen molar-refractivity contribution in [2.45, 2.75) is 6.54 Å². The molecular weight excluding hydrogens is 344 g/mol. The van der Waals surface area contributed by atoms with E-state index in [0.717, 1.165) is 12.1 Å². The summed E-state index contributed by atoms with van der Waals surface area (Å²) in [7, 11) is 5.57. The molecule has 0 aliphatic heterocycles. The van der Waals surface area contributed by atoms with Crippen molar-refractivity contribution in [2.24, 2.45) is 0 Å². The monoisotopic (exact) mass is 364 g/mol. The predicted molar refractivity (Wildman–Crippen MR) is 103 cm³/mol. The van der Waals surface area contributed by atoms with Crippen LogP contribution in [0.4, 0.5) is 0 Å². The first-order chi connectivity index (χ1) is 13.1. The fourth-order valence-corrected chi connectivity index (χ4v) is 3.14. The molecule has 0 saturated heterocycles. The number of nitrogens with zero attached hydrogens (tertiary/aromatic N) is 6. The minimum absolute atomic E-state index is 0.111. The minimum atomic E-state index is -0.111. The first-order valence-corrected chi connectivity index (χ1v) is 8.61. The number of aromatic nitrogens is 5. The molecule has 0 unspecified atom stereocenters. The van der Waals surface area contributed by atoms with Gasteiger partial charge in [-0.05, 0) is 32.3 Å². The van der Waals surface area contributed by atoms with Crippen LogP contribution in [0, 0.1) is 0 Å². The van der Waals surface area contributed by atoms with E-state index in [1.807, 2.05) is 49.3 Å². The van der Waals surface area contributed by atoms with Crippen LogP contribution in [0.5, 0.6) is 5.75 Å². The van der Waals surface area contributed by atoms with E-state index in [0.29, 0.717) is 34.7 Å². The van der Waals surface area contributed by atoms with Crippen LogP contribution >= 0.6 is 0 Å². The number of hydrogen-bond donors (Lipinski definition) is 0. The molecule has 0 spiro atoms. The van der Waals surface area contributed by atoms with Crippen molar-refractivity contribution in [1.82, 2.24) is 29.0 Å². The molecule has 3 aromatic heterocycles. The Morgan fingerprint density at radius 3 is 2.78 bits per heavy atom. The molecule has 27 heavy (non-hydrogen) atoms. The lowest BCUT2D eigenvalue weighted by molar-refractivity contribution is 0.381. The highest BCUT2D eigenvalue weighted by atomic mass is 16.5. The number of pyridine rings is 1. The van der Waals surface area contributed by atoms with Crippen molar-refractivity contribution < 1.29 is 4.74 Å². The Hall–Kier alpha value is -3.26. The van der Waals surface area contributed by atoms with Crippen molar-refractivity contribution in [1.29, 1.82) is 0 Å². The summed E-state index contributed by atoms with van der Waals surface area (Å²) >= 11 is 0. The Kier molecular flexibility index (Phi) is 4.33. The van der Waals surface area contributed by atoms with Crippen LogP contribution in [0.3, 0.4) is 0 Å². The Balaban J connectivity index is 2.08. The van der Waals surface area contributed by atoms with Crippen molar-refractivity contribution >= 4 is 16.7 Å². The van der Waals surface area contributed by atoms with Gasteiger partial charge >= 0.3 is 0 Å². The van der Waals surface area contributed by atoms with Crippen LogP contribution in [-0.4, -0.2) is 56.8 Å². The first kappa shape index (κ1) is 17.2. The Morgan fingerprint density at radius 2 is 2.00 bits per heavy atom. The van der Waals surface area contributed by atoms with Gasteiger partial charge in [-0.1, -0.05) is 12.1 Å². The highest BCUT2D eigenvalue weighted by Crippen LogP contribution is 2.32. The van der Waals surface area contributed by atoms with Gasteiger partial charge in [0.25, 0.3) is 11.3 Å². The Morgan fingerprint density at radius 1 is 1.19 bits per heavy atom. The quantitative estimate of drug-likeness (QED) is 0.536. The van der Waals surface area contributed by atoms with Crippen molar-refractivity contribution in [3.8, 4) is 17.0 Å². The third-order valence-electron chi connectivity index (χ3n) is 4.49. The molecule has 8 heteroatoms. The average Bonchev–Trinajstić information content (AvgIpc) is 3.14. The van der Waals surface area contributed by atoms with Gasteiger partial charge in [0.1, 0.15) is 12.1 Å². The molecule has 0 amide bonds. The second kappa shape index (κ2) is 6.81. The lowest BCUT2D eigenvalue weighted by Gasteiger charge is -2.14. The zero-order valence-corrected chi connectivity index (χ0v) is 15.5. The molecule has 0 aliphatic carbocycles. The summed E-state index contributed by atoms with van der Waals surface area (Å²) in [5, 5.41) is 4.80. The second-order valence-electron chi connectivity index (χ2n) is 6.51. The third-order valence-corrected chi connectivity index (χ3v) is 4.49. The Bertz CT molecular complexity index is 1180. The van der Waals surface area contributed by atoms with Gasteiger partial charge < -0.3 is 14.2 Å². The summed E-state index contributed by atoms with van der Waals surface area (Å²) < 4.78 is 8.82. The number of rotatable bonds is 5. The fourth-order valence-electron chi connectivity index (χ4n) is 3.14. The van der Waals surface area contributed by atoms with Gasteiger partial charge in [0.05, 0.1) is 23.7 Å². The number of methoxy groups -OCH3 is 1. The molecule has 0 radical (unpaired) electrons. The second-order valence-corrected chi connectivity index (χ2v) is 6.51. The van der Waals surface area contributed by atoms with Gasteiger partial charge in [0, 0.05) is 24.8 Å². The third kappa shape index (κ3) is 2.93. The fraction of sp³-hybridized carbons (Fsp3) is 0.263. The van der Waals surface area contributed by atoms with Crippen LogP contribution in [0.1, 0.15) is 0 Å². The van der Waals surface area contributed by atoms with E-state index in [-0.39, 0.29) is 5.56 Å². The summed E-state index contributed by atoms with van der Waals surface area (Å²) in [6.45, 7) is 1.34. The number of para-hydroxylation sites is 1. The van der Waals surface area contributed by atoms with Crippen molar-refractivity contribution in [2.75, 3.05) is 27.7 Å². The van der Waals surface area contributed by atoms with E-state index in [4.69, 9.17) is 4.74 Å². The van der Waals surface area contributed by atoms with Crippen LogP contribution in [0.25, 0.3) is 27.9 Å². The molecule has 0 aliphatic rings. The summed E-state index contributed by atoms with van der Waals surface area (Å²) in [5.41, 5.74) is 1.88. The highest BCUT2D eigenvalue weighted by Gasteiger charge is 2.19. The highest BCUT2D eigenvalue weighted by molar-refractivity contribution is 5.94. The van der Waals surface area contributed by atoms with Crippen molar-refractivity contribution in [3.63, 3.8) is 0 Å². The maximum atomic E-state index is 13.3. The van der Waals surface area contributed by atoms with Crippen LogP contribution in [-0.2, 0) is 6.54 Å². The topological polar surface area (TPSA) is 77.5 Å². The van der Waals surface area contributed by atoms with Gasteiger partial charge in [-0.25, -0.2) is 4.98 Å². The van der Waals surface area contributed by atoms with Crippen molar-refractivity contribution in [3.05, 3.63) is 53.2 Å². The molecule has 3 heterocycles. The summed E-state index contributed by atoms with van der Waals surface area (Å²) in [4.78, 5) is 24.0. The number of fused-ring (bicyclic) bond motifs is 2. The molecule has 0 saturated carbocycles. The molecular formula is C19H20N6O2. The number of benzene rings is 1. The molecule has 4 aromatic rings. The largest absolute Gasteiger partial charge is 0.496 e. The predicted octanol–water partition coefficient (Wildman–Crippen LogP) is 1.68. The standard InChI is InChI=1S/C19H20N6O2/c1-23(2)10-11-24-9-8-14-16(18(24)26)17(25-19(22-14)20-12-21-25)13-6-4-5-7-15(13)27-3/h4-9,12H,10-11H2,1-3H3. The van der Waals surface area contributed by atoms with E-state index in [2.05, 4.69) is 15.1 Å². The molecule has 4 rings (SSSR count). The van der Waals surface area contributed by atoms with Crippen LogP contribution < -0.4 is 10.3 Å². The van der Waals surface area contributed by atoms with Gasteiger partial charge in [0.2, 0.25) is 0 Å². The van der Waals surface area contributed by atoms with Crippen LogP contribution in [0.2, 0.25) is 0 Å². The maximum absolute atomic E-state index is 13.3. The summed E-state index contributed by atoms with van der Waals surface area (Å²) in [5.74, 6) is 1.10. The molecule has 0 atom stereocenters. The average molecular weight is 364 g/mol. The summed E-state index contributed by atoms with van der Waals surface area (Å²) in [6, 6.07) is 9.41. The molecule has 0 bridgehead atoms. The Labute approximate surface area is 155 Å². The lowest BCUT2D eigenvalue weighted by Crippen LogP contribution is -2.27. The van der Waals surface area contributed by atoms with Gasteiger partial charge in [-0.3, -0.25) is 4.79 Å². The molecule has 0 fully saturated rings. The SMILES string of the molecule is COc1ccccc1-c1c2c(=O)n(CCN(C)C)ccc2nc2ncnn12. The van der Waals surface area contributed by atoms with E-state index in [9.17, 15) is 4.79 Å². The number of hydrogen-bond acceptors (Lipinski definition) is 6. The van der Waals surface area contributed by atoms with E-state index in [1.165, 1.54) is 6.33 Å². The van der Waals surface area contributed by atoms with Gasteiger partial charge in [-0.15, -0.1) is 0 Å². The van der Waals surface area contributed by atoms with Gasteiger partial charge in [-0.2, -0.15) is 14.6 Å². The zero-order valence-electron chi connectivity index (χ0n) is 15.5. The smallest absolute Gasteiger partial charge is 0.262 e. The molecule has 1 aromatic carbocycles. The van der Waals surface area contributed by atoms with Crippen LogP contribution in [0.15, 0.2) is 47.7 Å². The van der Waals surface area contributed by atoms with E-state index < -0.39 is 0 Å². The minimum Gasteiger partial charge on any atom is -0.496 e. The normalized spacial score (nSPS) is 11.6. The molecule has 8 nitrogen and oxygen atoms in total. The van der Waals surface area contributed by atoms with E-state index in [1.54, 1.807) is 22.4 Å². The number of likely N-dealkylation sites (N-methyl/N-ethyl adjacent to an activating group) is 1. The number of ether oxygens (including phenoxy) is 1. The lowest BCUT2D eigenvalue weighted by atomic mass is 10.1. The van der Waals surface area contributed by atoms with E-state index >= 15 is 0 Å². The molecule has 138 valence electrons. The summed E-state index contributed by atoms with van der Waals surface area (Å²) in [6.07, 6.45) is 3.21. The maximum Gasteiger partial charge on any atom is 0.262 e.